The molecule has 1 atom stereocenters. The molecule has 1 amide bonds. The van der Waals surface area contributed by atoms with Gasteiger partial charge in [-0.2, -0.15) is 0 Å². The lowest BCUT2D eigenvalue weighted by atomic mass is 9.95. The number of aromatic nitrogens is 1. The van der Waals surface area contributed by atoms with Crippen molar-refractivity contribution in [2.45, 2.75) is 19.9 Å². The highest BCUT2D eigenvalue weighted by Gasteiger charge is 2.32. The summed E-state index contributed by atoms with van der Waals surface area (Å²) in [5, 5.41) is 3.50. The molecule has 5 rings (SSSR count). The second-order valence-electron chi connectivity index (χ2n) is 7.90. The number of furan rings is 1. The van der Waals surface area contributed by atoms with Gasteiger partial charge in [0.2, 0.25) is 0 Å². The van der Waals surface area contributed by atoms with E-state index in [0.717, 1.165) is 11.3 Å². The van der Waals surface area contributed by atoms with Crippen LogP contribution in [0.5, 0.6) is 0 Å². The molecule has 0 bridgehead atoms. The highest BCUT2D eigenvalue weighted by Crippen LogP contribution is 2.31. The van der Waals surface area contributed by atoms with Gasteiger partial charge in [0.1, 0.15) is 11.5 Å². The molecule has 170 valence electrons. The van der Waals surface area contributed by atoms with Crippen molar-refractivity contribution < 1.29 is 9.21 Å². The number of fused-ring (bicyclic) bond motifs is 1. The molecule has 0 radical (unpaired) electrons. The molecule has 8 heteroatoms. The molecule has 2 aromatic carbocycles. The third-order valence-electron chi connectivity index (χ3n) is 5.52. The van der Waals surface area contributed by atoms with Crippen LogP contribution in [0.15, 0.2) is 92.2 Å². The highest BCUT2D eigenvalue weighted by molar-refractivity contribution is 7.07. The summed E-state index contributed by atoms with van der Waals surface area (Å²) in [5.74, 6) is 1.03. The fraction of sp³-hybridized carbons (Fsp3) is 0.115. The fourth-order valence-electron chi connectivity index (χ4n) is 3.95. The minimum atomic E-state index is -0.655. The van der Waals surface area contributed by atoms with Crippen molar-refractivity contribution in [3.8, 4) is 0 Å². The van der Waals surface area contributed by atoms with E-state index in [1.54, 1.807) is 29.7 Å². The number of hydrogen-bond acceptors (Lipinski definition) is 5. The van der Waals surface area contributed by atoms with E-state index in [9.17, 15) is 9.59 Å². The maximum Gasteiger partial charge on any atom is 0.271 e. The van der Waals surface area contributed by atoms with E-state index in [4.69, 9.17) is 16.0 Å². The Hall–Kier alpha value is -3.68. The standard InChI is InChI=1S/C26H20ClN3O3S/c1-15-8-13-20(33-15)14-21-25(32)30-23(17-9-11-18(27)12-10-17)22(16(2)28-26(30)34-21)24(31)29-19-6-4-3-5-7-19/h3-14,23H,1-2H3,(H,29,31)/b21-14+/t23-/m0/s1. The molecule has 1 aliphatic rings. The molecule has 0 aliphatic carbocycles. The number of hydrogen-bond donors (Lipinski definition) is 1. The number of allylic oxidation sites excluding steroid dienone is 1. The first-order valence-corrected chi connectivity index (χ1v) is 11.8. The molecule has 0 saturated carbocycles. The number of aryl methyl sites for hydroxylation is 1. The number of para-hydroxylation sites is 1. The first kappa shape index (κ1) is 22.1. The number of amides is 1. The monoisotopic (exact) mass is 489 g/mol. The van der Waals surface area contributed by atoms with Gasteiger partial charge in [-0.3, -0.25) is 14.2 Å². The normalized spacial score (nSPS) is 15.7. The van der Waals surface area contributed by atoms with Crippen molar-refractivity contribution in [3.05, 3.63) is 120 Å². The zero-order chi connectivity index (χ0) is 23.8. The van der Waals surface area contributed by atoms with Crippen LogP contribution >= 0.6 is 22.9 Å². The Labute approximate surface area is 204 Å². The second-order valence-corrected chi connectivity index (χ2v) is 9.35. The molecular weight excluding hydrogens is 470 g/mol. The molecule has 4 aromatic rings. The number of nitrogens with one attached hydrogen (secondary N) is 1. The molecule has 2 aromatic heterocycles. The van der Waals surface area contributed by atoms with Gasteiger partial charge in [-0.05, 0) is 55.8 Å². The van der Waals surface area contributed by atoms with Crippen LogP contribution in [0.2, 0.25) is 5.02 Å². The Morgan fingerprint density at radius 1 is 1.09 bits per heavy atom. The molecule has 0 spiro atoms. The number of halogens is 1. The Balaban J connectivity index is 1.68. The lowest BCUT2D eigenvalue weighted by molar-refractivity contribution is -0.113. The molecule has 3 heterocycles. The first-order chi connectivity index (χ1) is 16.4. The van der Waals surface area contributed by atoms with E-state index < -0.39 is 6.04 Å². The predicted molar refractivity (Wildman–Crippen MR) is 134 cm³/mol. The summed E-state index contributed by atoms with van der Waals surface area (Å²) < 4.78 is 7.68. The lowest BCUT2D eigenvalue weighted by Crippen LogP contribution is -2.40. The number of benzene rings is 2. The molecule has 34 heavy (non-hydrogen) atoms. The smallest absolute Gasteiger partial charge is 0.271 e. The SMILES string of the molecule is CC1=C(C(=O)Nc2ccccc2)[C@H](c2ccc(Cl)cc2)n2c(s/c(=C/c3ccc(C)o3)c2=O)=N1. The highest BCUT2D eigenvalue weighted by atomic mass is 35.5. The van der Waals surface area contributed by atoms with Gasteiger partial charge < -0.3 is 9.73 Å². The number of nitrogens with zero attached hydrogens (tertiary/aromatic N) is 2. The van der Waals surface area contributed by atoms with Crippen LogP contribution in [0.3, 0.4) is 0 Å². The van der Waals surface area contributed by atoms with Gasteiger partial charge >= 0.3 is 0 Å². The maximum atomic E-state index is 13.6. The van der Waals surface area contributed by atoms with E-state index in [0.29, 0.717) is 37.1 Å². The van der Waals surface area contributed by atoms with Crippen molar-refractivity contribution in [1.29, 1.82) is 0 Å². The van der Waals surface area contributed by atoms with E-state index in [-0.39, 0.29) is 11.5 Å². The summed E-state index contributed by atoms with van der Waals surface area (Å²) >= 11 is 7.39. The van der Waals surface area contributed by atoms with Crippen LogP contribution in [-0.4, -0.2) is 10.5 Å². The van der Waals surface area contributed by atoms with E-state index >= 15 is 0 Å². The minimum Gasteiger partial charge on any atom is -0.462 e. The van der Waals surface area contributed by atoms with Gasteiger partial charge in [0, 0.05) is 16.8 Å². The third kappa shape index (κ3) is 4.16. The third-order valence-corrected chi connectivity index (χ3v) is 6.75. The van der Waals surface area contributed by atoms with Gasteiger partial charge in [0.25, 0.3) is 11.5 Å². The Bertz CT molecular complexity index is 1600. The molecule has 0 unspecified atom stereocenters. The fourth-order valence-corrected chi connectivity index (χ4v) is 5.11. The summed E-state index contributed by atoms with van der Waals surface area (Å²) in [6.07, 6.45) is 1.71. The van der Waals surface area contributed by atoms with Crippen molar-refractivity contribution in [1.82, 2.24) is 4.57 Å². The van der Waals surface area contributed by atoms with E-state index in [1.165, 1.54) is 11.3 Å². The Morgan fingerprint density at radius 2 is 1.82 bits per heavy atom. The largest absolute Gasteiger partial charge is 0.462 e. The van der Waals surface area contributed by atoms with E-state index in [1.807, 2.05) is 61.5 Å². The molecular formula is C26H20ClN3O3S. The molecule has 0 fully saturated rings. The molecule has 0 saturated heterocycles. The van der Waals surface area contributed by atoms with E-state index in [2.05, 4.69) is 10.3 Å². The average molecular weight is 490 g/mol. The zero-order valence-electron chi connectivity index (χ0n) is 18.4. The maximum absolute atomic E-state index is 13.6. The number of anilines is 1. The van der Waals surface area contributed by atoms with Crippen molar-refractivity contribution in [2.75, 3.05) is 5.32 Å². The number of carbonyl (C=O) groups is 1. The summed E-state index contributed by atoms with van der Waals surface area (Å²) in [6, 6.07) is 19.3. The zero-order valence-corrected chi connectivity index (χ0v) is 20.0. The molecule has 1 aliphatic heterocycles. The number of rotatable bonds is 4. The van der Waals surface area contributed by atoms with Crippen LogP contribution in [0.25, 0.3) is 6.08 Å². The topological polar surface area (TPSA) is 76.6 Å². The summed E-state index contributed by atoms with van der Waals surface area (Å²) in [4.78, 5) is 32.2. The van der Waals surface area contributed by atoms with Gasteiger partial charge in [0.05, 0.1) is 21.8 Å². The van der Waals surface area contributed by atoms with Crippen LogP contribution in [0.4, 0.5) is 5.69 Å². The van der Waals surface area contributed by atoms with Gasteiger partial charge in [-0.25, -0.2) is 4.99 Å². The van der Waals surface area contributed by atoms with Crippen molar-refractivity contribution in [3.63, 3.8) is 0 Å². The number of carbonyl (C=O) groups excluding carboxylic acids is 1. The first-order valence-electron chi connectivity index (χ1n) is 10.6. The minimum absolute atomic E-state index is 0.240. The van der Waals surface area contributed by atoms with Crippen LogP contribution in [0.1, 0.15) is 30.0 Å². The molecule has 1 N–H and O–H groups in total. The molecule has 6 nitrogen and oxygen atoms in total. The van der Waals surface area contributed by atoms with Gasteiger partial charge in [-0.15, -0.1) is 0 Å². The average Bonchev–Trinajstić information content (AvgIpc) is 3.36. The van der Waals surface area contributed by atoms with Crippen molar-refractivity contribution in [2.24, 2.45) is 4.99 Å². The number of thiazole rings is 1. The lowest BCUT2D eigenvalue weighted by Gasteiger charge is -2.25. The second kappa shape index (κ2) is 8.93. The Kier molecular flexibility index (Phi) is 5.81. The summed E-state index contributed by atoms with van der Waals surface area (Å²) in [6.45, 7) is 3.64. The van der Waals surface area contributed by atoms with Gasteiger partial charge in [-0.1, -0.05) is 53.3 Å². The van der Waals surface area contributed by atoms with Crippen LogP contribution in [0, 0.1) is 6.92 Å². The summed E-state index contributed by atoms with van der Waals surface area (Å²) in [5.41, 5.74) is 2.14. The Morgan fingerprint density at radius 3 is 2.50 bits per heavy atom. The summed E-state index contributed by atoms with van der Waals surface area (Å²) in [7, 11) is 0. The van der Waals surface area contributed by atoms with Gasteiger partial charge in [0.15, 0.2) is 4.80 Å². The van der Waals surface area contributed by atoms with Crippen LogP contribution < -0.4 is 20.2 Å². The predicted octanol–water partition coefficient (Wildman–Crippen LogP) is 4.43. The van der Waals surface area contributed by atoms with Crippen molar-refractivity contribution >= 4 is 40.6 Å². The van der Waals surface area contributed by atoms with Crippen LogP contribution in [-0.2, 0) is 4.79 Å². The quantitative estimate of drug-likeness (QED) is 0.460.